The molecule has 4 nitrogen and oxygen atoms in total. The second kappa shape index (κ2) is 9.61. The second-order valence-electron chi connectivity index (χ2n) is 10.4. The van der Waals surface area contributed by atoms with E-state index in [1.165, 1.54) is 21.9 Å². The number of hydrogen-bond donors (Lipinski definition) is 1. The van der Waals surface area contributed by atoms with Crippen LogP contribution in [0.25, 0.3) is 49.7 Å². The number of para-hydroxylation sites is 1. The summed E-state index contributed by atoms with van der Waals surface area (Å²) in [5.74, 6) is 0. The molecular weight excluding hydrogens is 500 g/mol. The van der Waals surface area contributed by atoms with Gasteiger partial charge >= 0.3 is 0 Å². The summed E-state index contributed by atoms with van der Waals surface area (Å²) < 4.78 is 2.29. The van der Waals surface area contributed by atoms with E-state index < -0.39 is 0 Å². The lowest BCUT2D eigenvalue weighted by Gasteiger charge is -2.25. The molecule has 0 spiro atoms. The molecule has 4 heterocycles. The zero-order valence-electron chi connectivity index (χ0n) is 22.3. The molecule has 0 amide bonds. The number of allylic oxidation sites excluding steroid dienone is 2. The van der Waals surface area contributed by atoms with Gasteiger partial charge in [0.1, 0.15) is 0 Å². The number of pyridine rings is 2. The summed E-state index contributed by atoms with van der Waals surface area (Å²) in [4.78, 5) is 9.36. The Morgan fingerprint density at radius 3 is 2.24 bits per heavy atom. The summed E-state index contributed by atoms with van der Waals surface area (Å²) >= 11 is 0. The topological polar surface area (TPSA) is 42.7 Å². The fourth-order valence-corrected chi connectivity index (χ4v) is 5.92. The van der Waals surface area contributed by atoms with Crippen molar-refractivity contribution in [2.75, 3.05) is 0 Å². The number of aromatic nitrogens is 3. The van der Waals surface area contributed by atoms with Crippen molar-refractivity contribution in [1.82, 2.24) is 19.9 Å². The predicted molar refractivity (Wildman–Crippen MR) is 169 cm³/mol. The maximum atomic E-state index is 4.69. The minimum atomic E-state index is -0.0410. The molecule has 0 saturated heterocycles. The van der Waals surface area contributed by atoms with E-state index in [1.54, 1.807) is 0 Å². The van der Waals surface area contributed by atoms with Gasteiger partial charge in [-0.05, 0) is 88.2 Å². The van der Waals surface area contributed by atoms with Gasteiger partial charge in [-0.15, -0.1) is 0 Å². The van der Waals surface area contributed by atoms with E-state index in [9.17, 15) is 0 Å². The summed E-state index contributed by atoms with van der Waals surface area (Å²) in [5, 5.41) is 7.38. The van der Waals surface area contributed by atoms with E-state index in [-0.39, 0.29) is 6.04 Å². The highest BCUT2D eigenvalue weighted by Gasteiger charge is 2.20. The van der Waals surface area contributed by atoms with E-state index in [4.69, 9.17) is 0 Å². The first-order valence-electron chi connectivity index (χ1n) is 13.9. The Kier molecular flexibility index (Phi) is 5.49. The first-order valence-corrected chi connectivity index (χ1v) is 13.9. The van der Waals surface area contributed by atoms with E-state index in [0.717, 1.165) is 44.6 Å². The van der Waals surface area contributed by atoms with Crippen LogP contribution in [0.2, 0.25) is 0 Å². The third-order valence-corrected chi connectivity index (χ3v) is 7.91. The quantitative estimate of drug-likeness (QED) is 0.250. The SMILES string of the molecule is C1=C(c2ccc3ccccc3c2)C=C(c2ccc(-n3c4ccccc4c4ncccc43)cc2)NC1c1ccccn1. The molecule has 1 atom stereocenters. The van der Waals surface area contributed by atoms with Crippen molar-refractivity contribution in [3.8, 4) is 5.69 Å². The normalized spacial score (nSPS) is 15.1. The maximum absolute atomic E-state index is 4.69. The number of nitrogens with one attached hydrogen (secondary N) is 1. The van der Waals surface area contributed by atoms with E-state index in [2.05, 4.69) is 135 Å². The molecule has 194 valence electrons. The molecule has 0 aliphatic carbocycles. The van der Waals surface area contributed by atoms with Crippen LogP contribution in [0, 0.1) is 0 Å². The fraction of sp³-hybridized carbons (Fsp3) is 0.0270. The number of benzene rings is 4. The molecule has 0 saturated carbocycles. The molecular formula is C37H26N4. The third kappa shape index (κ3) is 4.09. The van der Waals surface area contributed by atoms with Crippen LogP contribution in [0.1, 0.15) is 22.9 Å². The van der Waals surface area contributed by atoms with E-state index in [1.807, 2.05) is 30.6 Å². The fourth-order valence-electron chi connectivity index (χ4n) is 5.92. The van der Waals surface area contributed by atoms with Crippen LogP contribution in [-0.2, 0) is 0 Å². The Morgan fingerprint density at radius 1 is 0.610 bits per heavy atom. The van der Waals surface area contributed by atoms with Crippen molar-refractivity contribution in [2.24, 2.45) is 0 Å². The molecule has 4 aromatic carbocycles. The molecule has 1 aliphatic rings. The van der Waals surface area contributed by atoms with Crippen molar-refractivity contribution >= 4 is 44.0 Å². The number of rotatable bonds is 4. The molecule has 1 aliphatic heterocycles. The number of fused-ring (bicyclic) bond motifs is 4. The second-order valence-corrected chi connectivity index (χ2v) is 10.4. The maximum Gasteiger partial charge on any atom is 0.0963 e. The van der Waals surface area contributed by atoms with Crippen molar-refractivity contribution in [2.45, 2.75) is 6.04 Å². The highest BCUT2D eigenvalue weighted by molar-refractivity contribution is 6.07. The molecule has 8 rings (SSSR count). The van der Waals surface area contributed by atoms with Crippen molar-refractivity contribution in [3.63, 3.8) is 0 Å². The molecule has 1 N–H and O–H groups in total. The van der Waals surface area contributed by atoms with Gasteiger partial charge in [-0.3, -0.25) is 9.97 Å². The predicted octanol–water partition coefficient (Wildman–Crippen LogP) is 8.50. The van der Waals surface area contributed by atoms with Gasteiger partial charge in [-0.2, -0.15) is 0 Å². The van der Waals surface area contributed by atoms with Gasteiger partial charge < -0.3 is 9.88 Å². The lowest BCUT2D eigenvalue weighted by atomic mass is 9.93. The van der Waals surface area contributed by atoms with E-state index in [0.29, 0.717) is 0 Å². The Labute approximate surface area is 237 Å². The highest BCUT2D eigenvalue weighted by atomic mass is 15.0. The number of hydrogen-bond acceptors (Lipinski definition) is 3. The summed E-state index contributed by atoms with van der Waals surface area (Å²) in [5.41, 5.74) is 9.94. The summed E-state index contributed by atoms with van der Waals surface area (Å²) in [6, 6.07) is 42.6. The van der Waals surface area contributed by atoms with Gasteiger partial charge in [-0.25, -0.2) is 0 Å². The van der Waals surface area contributed by atoms with Gasteiger partial charge in [-0.1, -0.05) is 72.8 Å². The molecule has 4 heteroatoms. The van der Waals surface area contributed by atoms with Crippen LogP contribution in [0.15, 0.2) is 146 Å². The van der Waals surface area contributed by atoms with Gasteiger partial charge in [0.15, 0.2) is 0 Å². The van der Waals surface area contributed by atoms with Crippen LogP contribution in [0.5, 0.6) is 0 Å². The Bertz CT molecular complexity index is 2070. The largest absolute Gasteiger partial charge is 0.373 e. The van der Waals surface area contributed by atoms with Gasteiger partial charge in [0.25, 0.3) is 0 Å². The molecule has 0 radical (unpaired) electrons. The van der Waals surface area contributed by atoms with Gasteiger partial charge in [0.05, 0.1) is 28.3 Å². The number of dihydropyridines is 1. The molecule has 0 bridgehead atoms. The van der Waals surface area contributed by atoms with Crippen LogP contribution in [0.4, 0.5) is 0 Å². The zero-order valence-corrected chi connectivity index (χ0v) is 22.3. The minimum absolute atomic E-state index is 0.0410. The monoisotopic (exact) mass is 526 g/mol. The first-order chi connectivity index (χ1) is 20.3. The molecule has 1 unspecified atom stereocenters. The number of nitrogens with zero attached hydrogens (tertiary/aromatic N) is 3. The average molecular weight is 527 g/mol. The van der Waals surface area contributed by atoms with Crippen LogP contribution in [-0.4, -0.2) is 14.5 Å². The Balaban J connectivity index is 1.22. The Morgan fingerprint density at radius 2 is 1.37 bits per heavy atom. The van der Waals surface area contributed by atoms with Crippen LogP contribution >= 0.6 is 0 Å². The molecule has 3 aromatic heterocycles. The highest BCUT2D eigenvalue weighted by Crippen LogP contribution is 2.34. The first kappa shape index (κ1) is 23.4. The summed E-state index contributed by atoms with van der Waals surface area (Å²) in [6.45, 7) is 0. The molecule has 41 heavy (non-hydrogen) atoms. The van der Waals surface area contributed by atoms with Crippen LogP contribution in [0.3, 0.4) is 0 Å². The minimum Gasteiger partial charge on any atom is -0.373 e. The molecule has 7 aromatic rings. The third-order valence-electron chi connectivity index (χ3n) is 7.91. The van der Waals surface area contributed by atoms with Crippen molar-refractivity contribution in [1.29, 1.82) is 0 Å². The van der Waals surface area contributed by atoms with Gasteiger partial charge in [0, 0.05) is 29.2 Å². The Hall–Kier alpha value is -5.48. The zero-order chi connectivity index (χ0) is 27.2. The summed E-state index contributed by atoms with van der Waals surface area (Å²) in [7, 11) is 0. The lowest BCUT2D eigenvalue weighted by Crippen LogP contribution is -2.22. The van der Waals surface area contributed by atoms with Gasteiger partial charge in [0.2, 0.25) is 0 Å². The lowest BCUT2D eigenvalue weighted by molar-refractivity contribution is 0.739. The molecule has 0 fully saturated rings. The smallest absolute Gasteiger partial charge is 0.0963 e. The summed E-state index contributed by atoms with van der Waals surface area (Å²) in [6.07, 6.45) is 8.24. The van der Waals surface area contributed by atoms with Crippen molar-refractivity contribution < 1.29 is 0 Å². The van der Waals surface area contributed by atoms with Crippen LogP contribution < -0.4 is 5.32 Å². The average Bonchev–Trinajstić information content (AvgIpc) is 3.39. The van der Waals surface area contributed by atoms with Crippen molar-refractivity contribution in [3.05, 3.63) is 163 Å². The van der Waals surface area contributed by atoms with E-state index >= 15 is 0 Å². The standard InChI is InChI=1S/C37H26N4/c1-2-9-27-22-28(15-14-25(27)8-1)29-23-33(40-34(24-29)32-11-5-6-20-38-32)26-16-18-30(19-17-26)41-35-12-4-3-10-31(35)37-36(41)13-7-21-39-37/h1-24,34,40H.